The molecule has 2 amide bonds. The SMILES string of the molecule is Cc1ccc(-c2csc(NC(=O)[C@@H]3CCCN(C(=O)c4ccoc4)C3)n2)cc1C. The normalized spacial score (nSPS) is 16.6. The Labute approximate surface area is 173 Å². The molecule has 4 rings (SSSR count). The molecule has 1 aromatic carbocycles. The molecule has 2 aromatic heterocycles. The number of hydrogen-bond acceptors (Lipinski definition) is 5. The minimum atomic E-state index is -0.242. The molecule has 0 saturated carbocycles. The first-order valence-corrected chi connectivity index (χ1v) is 10.5. The van der Waals surface area contributed by atoms with Gasteiger partial charge in [-0.15, -0.1) is 11.3 Å². The van der Waals surface area contributed by atoms with E-state index in [-0.39, 0.29) is 17.7 Å². The quantitative estimate of drug-likeness (QED) is 0.688. The van der Waals surface area contributed by atoms with Crippen LogP contribution in [-0.2, 0) is 4.79 Å². The molecule has 0 radical (unpaired) electrons. The maximum atomic E-state index is 12.8. The fraction of sp³-hybridized carbons (Fsp3) is 0.318. The molecule has 6 nitrogen and oxygen atoms in total. The smallest absolute Gasteiger partial charge is 0.257 e. The minimum Gasteiger partial charge on any atom is -0.472 e. The van der Waals surface area contributed by atoms with Crippen molar-refractivity contribution in [1.82, 2.24) is 9.88 Å². The van der Waals surface area contributed by atoms with Crippen molar-refractivity contribution in [3.63, 3.8) is 0 Å². The number of nitrogens with one attached hydrogen (secondary N) is 1. The van der Waals surface area contributed by atoms with Crippen LogP contribution in [0.4, 0.5) is 5.13 Å². The molecule has 1 saturated heterocycles. The Balaban J connectivity index is 1.41. The molecule has 0 bridgehead atoms. The van der Waals surface area contributed by atoms with Gasteiger partial charge in [0.2, 0.25) is 5.91 Å². The summed E-state index contributed by atoms with van der Waals surface area (Å²) in [4.78, 5) is 31.6. The lowest BCUT2D eigenvalue weighted by Crippen LogP contribution is -2.43. The van der Waals surface area contributed by atoms with Gasteiger partial charge in [0, 0.05) is 24.0 Å². The van der Waals surface area contributed by atoms with Crippen molar-refractivity contribution in [2.45, 2.75) is 26.7 Å². The number of benzene rings is 1. The van der Waals surface area contributed by atoms with Crippen LogP contribution in [0.3, 0.4) is 0 Å². The van der Waals surface area contributed by atoms with E-state index in [4.69, 9.17) is 4.42 Å². The zero-order chi connectivity index (χ0) is 20.4. The highest BCUT2D eigenvalue weighted by Gasteiger charge is 2.29. The first kappa shape index (κ1) is 19.4. The van der Waals surface area contributed by atoms with Crippen LogP contribution in [-0.4, -0.2) is 34.8 Å². The van der Waals surface area contributed by atoms with E-state index >= 15 is 0 Å². The van der Waals surface area contributed by atoms with Gasteiger partial charge in [0.15, 0.2) is 5.13 Å². The van der Waals surface area contributed by atoms with Crippen LogP contribution in [0.5, 0.6) is 0 Å². The number of nitrogens with zero attached hydrogens (tertiary/aromatic N) is 2. The predicted molar refractivity (Wildman–Crippen MR) is 113 cm³/mol. The molecule has 3 aromatic rings. The third-order valence-corrected chi connectivity index (χ3v) is 6.14. The first-order chi connectivity index (χ1) is 14.0. The summed E-state index contributed by atoms with van der Waals surface area (Å²) in [5.41, 5.74) is 4.87. The zero-order valence-electron chi connectivity index (χ0n) is 16.5. The van der Waals surface area contributed by atoms with Crippen molar-refractivity contribution in [3.05, 3.63) is 58.9 Å². The maximum absolute atomic E-state index is 12.8. The van der Waals surface area contributed by atoms with Gasteiger partial charge in [-0.1, -0.05) is 12.1 Å². The summed E-state index contributed by atoms with van der Waals surface area (Å²) in [7, 11) is 0. The molecule has 0 aliphatic carbocycles. The van der Waals surface area contributed by atoms with E-state index in [0.717, 1.165) is 24.1 Å². The fourth-order valence-corrected chi connectivity index (χ4v) is 4.24. The van der Waals surface area contributed by atoms with Gasteiger partial charge in [-0.2, -0.15) is 0 Å². The van der Waals surface area contributed by atoms with Gasteiger partial charge in [0.25, 0.3) is 5.91 Å². The van der Waals surface area contributed by atoms with Crippen LogP contribution >= 0.6 is 11.3 Å². The standard InChI is InChI=1S/C22H23N3O3S/c1-14-5-6-16(10-15(14)2)19-13-29-22(23-19)24-20(26)17-4-3-8-25(11-17)21(27)18-7-9-28-12-18/h5-7,9-10,12-13,17H,3-4,8,11H2,1-2H3,(H,23,24,26)/t17-/m1/s1. The molecule has 1 N–H and O–H groups in total. The molecule has 1 aliphatic heterocycles. The van der Waals surface area contributed by atoms with E-state index in [1.54, 1.807) is 11.0 Å². The summed E-state index contributed by atoms with van der Waals surface area (Å²) in [6.45, 7) is 5.22. The number of aromatic nitrogens is 1. The number of amides is 2. The average molecular weight is 410 g/mol. The molecule has 3 heterocycles. The molecule has 29 heavy (non-hydrogen) atoms. The second-order valence-corrected chi connectivity index (χ2v) is 8.29. The van der Waals surface area contributed by atoms with Gasteiger partial charge in [-0.05, 0) is 49.9 Å². The van der Waals surface area contributed by atoms with Crippen molar-refractivity contribution in [1.29, 1.82) is 0 Å². The van der Waals surface area contributed by atoms with E-state index in [1.807, 2.05) is 11.4 Å². The van der Waals surface area contributed by atoms with Crippen molar-refractivity contribution in [2.24, 2.45) is 5.92 Å². The maximum Gasteiger partial charge on any atom is 0.257 e. The van der Waals surface area contributed by atoms with Crippen molar-refractivity contribution >= 4 is 28.3 Å². The number of carbonyl (C=O) groups excluding carboxylic acids is 2. The van der Waals surface area contributed by atoms with Crippen LogP contribution in [0.25, 0.3) is 11.3 Å². The molecular weight excluding hydrogens is 386 g/mol. The lowest BCUT2D eigenvalue weighted by molar-refractivity contribution is -0.121. The van der Waals surface area contributed by atoms with Crippen LogP contribution in [0.15, 0.2) is 46.6 Å². The van der Waals surface area contributed by atoms with Crippen LogP contribution in [0.1, 0.15) is 34.3 Å². The van der Waals surface area contributed by atoms with Crippen molar-refractivity contribution in [3.8, 4) is 11.3 Å². The highest BCUT2D eigenvalue weighted by Crippen LogP contribution is 2.27. The Hall–Kier alpha value is -2.93. The Morgan fingerprint density at radius 1 is 1.24 bits per heavy atom. The van der Waals surface area contributed by atoms with Gasteiger partial charge in [0.1, 0.15) is 6.26 Å². The number of likely N-dealkylation sites (tertiary alicyclic amines) is 1. The molecule has 1 aliphatic rings. The number of rotatable bonds is 4. The molecule has 150 valence electrons. The van der Waals surface area contributed by atoms with E-state index < -0.39 is 0 Å². The highest BCUT2D eigenvalue weighted by molar-refractivity contribution is 7.14. The van der Waals surface area contributed by atoms with E-state index in [2.05, 4.69) is 36.3 Å². The van der Waals surface area contributed by atoms with E-state index in [0.29, 0.717) is 23.8 Å². The van der Waals surface area contributed by atoms with Gasteiger partial charge in [0.05, 0.1) is 23.4 Å². The molecule has 7 heteroatoms. The van der Waals surface area contributed by atoms with Crippen molar-refractivity contribution in [2.75, 3.05) is 18.4 Å². The molecule has 0 unspecified atom stereocenters. The molecule has 1 atom stereocenters. The van der Waals surface area contributed by atoms with Crippen molar-refractivity contribution < 1.29 is 14.0 Å². The summed E-state index contributed by atoms with van der Waals surface area (Å²) in [5, 5.41) is 5.47. The summed E-state index contributed by atoms with van der Waals surface area (Å²) in [6, 6.07) is 7.88. The summed E-state index contributed by atoms with van der Waals surface area (Å²) in [5.74, 6) is -0.424. The van der Waals surface area contributed by atoms with Crippen LogP contribution < -0.4 is 5.32 Å². The fourth-order valence-electron chi connectivity index (χ4n) is 3.52. The largest absolute Gasteiger partial charge is 0.472 e. The second kappa shape index (κ2) is 8.21. The van der Waals surface area contributed by atoms with Gasteiger partial charge >= 0.3 is 0 Å². The number of thiazole rings is 1. The van der Waals surface area contributed by atoms with E-state index in [9.17, 15) is 9.59 Å². The molecule has 0 spiro atoms. The number of piperidine rings is 1. The topological polar surface area (TPSA) is 75.4 Å². The summed E-state index contributed by atoms with van der Waals surface area (Å²) >= 11 is 1.42. The number of anilines is 1. The summed E-state index contributed by atoms with van der Waals surface area (Å²) < 4.78 is 5.00. The minimum absolute atomic E-state index is 0.0873. The number of hydrogen-bond donors (Lipinski definition) is 1. The number of carbonyl (C=O) groups is 2. The Kier molecular flexibility index (Phi) is 5.49. The molecular formula is C22H23N3O3S. The third kappa shape index (κ3) is 4.24. The highest BCUT2D eigenvalue weighted by atomic mass is 32.1. The summed E-state index contributed by atoms with van der Waals surface area (Å²) in [6.07, 6.45) is 4.48. The third-order valence-electron chi connectivity index (χ3n) is 5.38. The van der Waals surface area contributed by atoms with Gasteiger partial charge in [-0.3, -0.25) is 9.59 Å². The van der Waals surface area contributed by atoms with E-state index in [1.165, 1.54) is 35.0 Å². The van der Waals surface area contributed by atoms with Gasteiger partial charge < -0.3 is 14.6 Å². The predicted octanol–water partition coefficient (Wildman–Crippen LogP) is 4.51. The average Bonchev–Trinajstić information content (AvgIpc) is 3.42. The lowest BCUT2D eigenvalue weighted by atomic mass is 9.97. The van der Waals surface area contributed by atoms with Gasteiger partial charge in [-0.25, -0.2) is 4.98 Å². The zero-order valence-corrected chi connectivity index (χ0v) is 17.3. The Morgan fingerprint density at radius 3 is 2.86 bits per heavy atom. The Morgan fingerprint density at radius 2 is 2.10 bits per heavy atom. The second-order valence-electron chi connectivity index (χ2n) is 7.43. The monoisotopic (exact) mass is 409 g/mol. The lowest BCUT2D eigenvalue weighted by Gasteiger charge is -2.31. The molecule has 1 fully saturated rings. The van der Waals surface area contributed by atoms with Crippen LogP contribution in [0, 0.1) is 19.8 Å². The first-order valence-electron chi connectivity index (χ1n) is 9.67. The Bertz CT molecular complexity index is 1030. The number of furan rings is 1. The number of aryl methyl sites for hydroxylation is 2. The van der Waals surface area contributed by atoms with Crippen LogP contribution in [0.2, 0.25) is 0 Å².